The van der Waals surface area contributed by atoms with Crippen LogP contribution in [0.5, 0.6) is 0 Å². The van der Waals surface area contributed by atoms with Gasteiger partial charge in [0.1, 0.15) is 5.41 Å². The minimum Gasteiger partial charge on any atom is -0.358 e. The van der Waals surface area contributed by atoms with Crippen LogP contribution in [0.4, 0.5) is 19.0 Å². The van der Waals surface area contributed by atoms with E-state index in [0.29, 0.717) is 12.8 Å². The van der Waals surface area contributed by atoms with Crippen molar-refractivity contribution in [3.05, 3.63) is 22.4 Å². The molecular formula is C12H15F3N4O3. The zero-order chi connectivity index (χ0) is 16.4. The summed E-state index contributed by atoms with van der Waals surface area (Å²) in [7, 11) is 0. The van der Waals surface area contributed by atoms with E-state index in [1.165, 1.54) is 16.9 Å². The molecule has 1 saturated carbocycles. The second-order valence-electron chi connectivity index (χ2n) is 5.24. The van der Waals surface area contributed by atoms with Gasteiger partial charge in [-0.2, -0.15) is 17.9 Å². The molecule has 0 atom stereocenters. The SMILES string of the molecule is O=C(NCCn1ccc([N+](=O)[O-])n1)C1(C(F)(F)F)CCCC1. The third kappa shape index (κ3) is 3.04. The zero-order valence-corrected chi connectivity index (χ0v) is 11.6. The summed E-state index contributed by atoms with van der Waals surface area (Å²) < 4.78 is 40.7. The predicted octanol–water partition coefficient (Wildman–Crippen LogP) is 2.03. The maximum atomic E-state index is 13.2. The van der Waals surface area contributed by atoms with Crippen molar-refractivity contribution in [3.8, 4) is 0 Å². The number of halogens is 3. The second-order valence-corrected chi connectivity index (χ2v) is 5.24. The summed E-state index contributed by atoms with van der Waals surface area (Å²) in [6.07, 6.45) is -2.89. The Morgan fingerprint density at radius 3 is 2.59 bits per heavy atom. The van der Waals surface area contributed by atoms with Crippen molar-refractivity contribution in [1.29, 1.82) is 0 Å². The average molecular weight is 320 g/mol. The van der Waals surface area contributed by atoms with Gasteiger partial charge in [-0.3, -0.25) is 4.79 Å². The van der Waals surface area contributed by atoms with Crippen molar-refractivity contribution < 1.29 is 22.9 Å². The van der Waals surface area contributed by atoms with Crippen LogP contribution in [0.15, 0.2) is 12.3 Å². The molecule has 1 aromatic rings. The first-order valence-electron chi connectivity index (χ1n) is 6.79. The maximum absolute atomic E-state index is 13.2. The summed E-state index contributed by atoms with van der Waals surface area (Å²) in [5, 5.41) is 16.3. The number of amides is 1. The van der Waals surface area contributed by atoms with E-state index < -0.39 is 22.4 Å². The summed E-state index contributed by atoms with van der Waals surface area (Å²) in [5.74, 6) is -1.38. The van der Waals surface area contributed by atoms with Crippen molar-refractivity contribution in [2.24, 2.45) is 5.41 Å². The van der Waals surface area contributed by atoms with Crippen LogP contribution in [-0.2, 0) is 11.3 Å². The largest absolute Gasteiger partial charge is 0.403 e. The van der Waals surface area contributed by atoms with Gasteiger partial charge in [-0.05, 0) is 17.8 Å². The summed E-state index contributed by atoms with van der Waals surface area (Å²) in [6, 6.07) is 1.18. The quantitative estimate of drug-likeness (QED) is 0.664. The fourth-order valence-corrected chi connectivity index (χ4v) is 2.64. The third-order valence-corrected chi connectivity index (χ3v) is 3.87. The van der Waals surface area contributed by atoms with Crippen molar-refractivity contribution in [3.63, 3.8) is 0 Å². The fraction of sp³-hybridized carbons (Fsp3) is 0.667. The minimum absolute atomic E-state index is 0.0630. The van der Waals surface area contributed by atoms with Gasteiger partial charge in [-0.15, -0.1) is 0 Å². The van der Waals surface area contributed by atoms with Crippen LogP contribution in [0.2, 0.25) is 0 Å². The van der Waals surface area contributed by atoms with Gasteiger partial charge >= 0.3 is 12.0 Å². The summed E-state index contributed by atoms with van der Waals surface area (Å²) in [6.45, 7) is -0.0109. The van der Waals surface area contributed by atoms with Gasteiger partial charge in [0, 0.05) is 6.54 Å². The molecule has 1 N–H and O–H groups in total. The lowest BCUT2D eigenvalue weighted by Crippen LogP contribution is -2.49. The molecule has 22 heavy (non-hydrogen) atoms. The maximum Gasteiger partial charge on any atom is 0.403 e. The van der Waals surface area contributed by atoms with Crippen molar-refractivity contribution in [2.45, 2.75) is 38.4 Å². The van der Waals surface area contributed by atoms with Crippen LogP contribution in [-0.4, -0.2) is 33.3 Å². The number of aromatic nitrogens is 2. The van der Waals surface area contributed by atoms with E-state index in [0.717, 1.165) is 0 Å². The zero-order valence-electron chi connectivity index (χ0n) is 11.6. The van der Waals surface area contributed by atoms with E-state index in [1.807, 2.05) is 0 Å². The number of rotatable bonds is 5. The van der Waals surface area contributed by atoms with Crippen LogP contribution in [0.3, 0.4) is 0 Å². The monoisotopic (exact) mass is 320 g/mol. The molecular weight excluding hydrogens is 305 g/mol. The first-order chi connectivity index (χ1) is 10.3. The van der Waals surface area contributed by atoms with E-state index in [9.17, 15) is 28.1 Å². The third-order valence-electron chi connectivity index (χ3n) is 3.87. The van der Waals surface area contributed by atoms with Crippen molar-refractivity contribution >= 4 is 11.7 Å². The van der Waals surface area contributed by atoms with Gasteiger partial charge in [0.25, 0.3) is 0 Å². The molecule has 0 aliphatic heterocycles. The Bertz CT molecular complexity index is 564. The second kappa shape index (κ2) is 5.93. The molecule has 0 radical (unpaired) electrons. The summed E-state index contributed by atoms with van der Waals surface area (Å²) in [4.78, 5) is 21.7. The topological polar surface area (TPSA) is 90.1 Å². The molecule has 1 fully saturated rings. The minimum atomic E-state index is -4.57. The molecule has 122 valence electrons. The molecule has 1 aliphatic rings. The first-order valence-corrected chi connectivity index (χ1v) is 6.79. The molecule has 0 aromatic carbocycles. The van der Waals surface area contributed by atoms with E-state index in [-0.39, 0.29) is 31.7 Å². The molecule has 1 amide bonds. The lowest BCUT2D eigenvalue weighted by atomic mass is 9.84. The van der Waals surface area contributed by atoms with Crippen LogP contribution in [0.25, 0.3) is 0 Å². The number of hydrogen-bond acceptors (Lipinski definition) is 4. The van der Waals surface area contributed by atoms with E-state index >= 15 is 0 Å². The standard InChI is InChI=1S/C12H15F3N4O3/c13-12(14,15)11(4-1-2-5-11)10(20)16-6-8-18-7-3-9(17-18)19(21)22/h3,7H,1-2,4-6,8H2,(H,16,20). The molecule has 1 aromatic heterocycles. The molecule has 10 heteroatoms. The number of hydrogen-bond donors (Lipinski definition) is 1. The van der Waals surface area contributed by atoms with Crippen LogP contribution in [0.1, 0.15) is 25.7 Å². The molecule has 1 aliphatic carbocycles. The van der Waals surface area contributed by atoms with Crippen LogP contribution < -0.4 is 5.32 Å². The van der Waals surface area contributed by atoms with Crippen LogP contribution in [0, 0.1) is 15.5 Å². The highest BCUT2D eigenvalue weighted by Gasteiger charge is 2.60. The van der Waals surface area contributed by atoms with E-state index in [4.69, 9.17) is 0 Å². The van der Waals surface area contributed by atoms with E-state index in [2.05, 4.69) is 10.4 Å². The van der Waals surface area contributed by atoms with Gasteiger partial charge in [0.05, 0.1) is 23.9 Å². The number of nitrogens with zero attached hydrogens (tertiary/aromatic N) is 3. The normalized spacial score (nSPS) is 17.4. The van der Waals surface area contributed by atoms with E-state index in [1.54, 1.807) is 0 Å². The Morgan fingerprint density at radius 1 is 1.45 bits per heavy atom. The van der Waals surface area contributed by atoms with Gasteiger partial charge in [-0.25, -0.2) is 0 Å². The predicted molar refractivity (Wildman–Crippen MR) is 68.8 cm³/mol. The van der Waals surface area contributed by atoms with Crippen LogP contribution >= 0.6 is 0 Å². The molecule has 1 heterocycles. The number of carbonyl (C=O) groups is 1. The highest BCUT2D eigenvalue weighted by molar-refractivity contribution is 5.83. The Balaban J connectivity index is 1.93. The lowest BCUT2D eigenvalue weighted by Gasteiger charge is -2.29. The Labute approximate surface area is 123 Å². The Kier molecular flexibility index (Phi) is 4.38. The molecule has 7 nitrogen and oxygen atoms in total. The first kappa shape index (κ1) is 16.2. The lowest BCUT2D eigenvalue weighted by molar-refractivity contribution is -0.389. The average Bonchev–Trinajstić information content (AvgIpc) is 3.07. The summed E-state index contributed by atoms with van der Waals surface area (Å²) >= 11 is 0. The number of nitro groups is 1. The van der Waals surface area contributed by atoms with Crippen molar-refractivity contribution in [2.75, 3.05) is 6.54 Å². The smallest absolute Gasteiger partial charge is 0.358 e. The van der Waals surface area contributed by atoms with Gasteiger partial charge in [0.15, 0.2) is 0 Å². The fourth-order valence-electron chi connectivity index (χ4n) is 2.64. The molecule has 2 rings (SSSR count). The molecule has 0 saturated heterocycles. The number of carbonyl (C=O) groups excluding carboxylic acids is 1. The highest BCUT2D eigenvalue weighted by Crippen LogP contribution is 2.50. The Morgan fingerprint density at radius 2 is 2.09 bits per heavy atom. The van der Waals surface area contributed by atoms with Crippen molar-refractivity contribution in [1.82, 2.24) is 15.1 Å². The molecule has 0 spiro atoms. The van der Waals surface area contributed by atoms with Gasteiger partial charge in [-0.1, -0.05) is 12.8 Å². The number of nitrogens with one attached hydrogen (secondary N) is 1. The molecule has 0 unspecified atom stereocenters. The highest BCUT2D eigenvalue weighted by atomic mass is 19.4. The van der Waals surface area contributed by atoms with Gasteiger partial charge in [0.2, 0.25) is 5.91 Å². The Hall–Kier alpha value is -2.13. The number of alkyl halides is 3. The summed E-state index contributed by atoms with van der Waals surface area (Å²) in [5.41, 5.74) is -2.30. The van der Waals surface area contributed by atoms with Gasteiger partial charge < -0.3 is 15.4 Å². The molecule has 0 bridgehead atoms.